The number of ether oxygens (including phenoxy) is 2. The monoisotopic (exact) mass is 330 g/mol. The summed E-state index contributed by atoms with van der Waals surface area (Å²) in [4.78, 5) is 18.8. The van der Waals surface area contributed by atoms with E-state index >= 15 is 0 Å². The van der Waals surface area contributed by atoms with Gasteiger partial charge < -0.3 is 14.4 Å². The number of rotatable bonds is 4. The predicted molar refractivity (Wildman–Crippen MR) is 89.4 cm³/mol. The second kappa shape index (κ2) is 6.45. The Hall–Kier alpha value is -1.46. The van der Waals surface area contributed by atoms with Gasteiger partial charge in [0.2, 0.25) is 5.91 Å². The summed E-state index contributed by atoms with van der Waals surface area (Å²) in [6.45, 7) is 4.75. The van der Waals surface area contributed by atoms with Crippen molar-refractivity contribution in [1.29, 1.82) is 0 Å². The lowest BCUT2D eigenvalue weighted by Crippen LogP contribution is -2.68. The zero-order chi connectivity index (χ0) is 16.6. The highest BCUT2D eigenvalue weighted by Crippen LogP contribution is 2.38. The van der Waals surface area contributed by atoms with E-state index in [1.54, 1.807) is 0 Å². The SMILES string of the molecule is Cc1cccc(CO[C@@H]2CCOC3(C2)CN(C(=O)C2CCC2)C3)n1. The Morgan fingerprint density at radius 1 is 1.38 bits per heavy atom. The molecule has 0 radical (unpaired) electrons. The van der Waals surface area contributed by atoms with Gasteiger partial charge in [-0.2, -0.15) is 0 Å². The first kappa shape index (κ1) is 16.0. The number of likely N-dealkylation sites (tertiary alicyclic amines) is 1. The van der Waals surface area contributed by atoms with Crippen LogP contribution in [0, 0.1) is 12.8 Å². The summed E-state index contributed by atoms with van der Waals surface area (Å²) in [6.07, 6.45) is 5.34. The number of carbonyl (C=O) groups excluding carboxylic acids is 1. The van der Waals surface area contributed by atoms with Gasteiger partial charge in [0.05, 0.1) is 31.5 Å². The molecule has 5 heteroatoms. The molecule has 1 aliphatic carbocycles. The Morgan fingerprint density at radius 2 is 2.21 bits per heavy atom. The first-order chi connectivity index (χ1) is 11.6. The van der Waals surface area contributed by atoms with E-state index in [0.717, 1.165) is 56.8 Å². The fourth-order valence-corrected chi connectivity index (χ4v) is 3.95. The summed E-state index contributed by atoms with van der Waals surface area (Å²) >= 11 is 0. The predicted octanol–water partition coefficient (Wildman–Crippen LogP) is 2.47. The van der Waals surface area contributed by atoms with Crippen molar-refractivity contribution in [2.24, 2.45) is 5.92 Å². The van der Waals surface area contributed by atoms with Crippen LogP contribution in [0.4, 0.5) is 0 Å². The third kappa shape index (κ3) is 3.20. The number of carbonyl (C=O) groups is 1. The molecule has 3 heterocycles. The number of hydrogen-bond acceptors (Lipinski definition) is 4. The van der Waals surface area contributed by atoms with Crippen LogP contribution >= 0.6 is 0 Å². The number of aryl methyl sites for hydroxylation is 1. The van der Waals surface area contributed by atoms with E-state index in [4.69, 9.17) is 9.47 Å². The number of pyridine rings is 1. The minimum Gasteiger partial charge on any atom is -0.372 e. The lowest BCUT2D eigenvalue weighted by molar-refractivity contribution is -0.205. The van der Waals surface area contributed by atoms with Gasteiger partial charge in [0.1, 0.15) is 5.60 Å². The summed E-state index contributed by atoms with van der Waals surface area (Å²) in [5, 5.41) is 0. The van der Waals surface area contributed by atoms with Gasteiger partial charge in [-0.1, -0.05) is 12.5 Å². The molecule has 1 atom stereocenters. The molecule has 5 nitrogen and oxygen atoms in total. The topological polar surface area (TPSA) is 51.7 Å². The highest BCUT2D eigenvalue weighted by Gasteiger charge is 2.50. The molecule has 24 heavy (non-hydrogen) atoms. The number of amides is 1. The van der Waals surface area contributed by atoms with Gasteiger partial charge >= 0.3 is 0 Å². The summed E-state index contributed by atoms with van der Waals surface area (Å²) in [7, 11) is 0. The van der Waals surface area contributed by atoms with Gasteiger partial charge in [0, 0.05) is 24.6 Å². The van der Waals surface area contributed by atoms with Crippen molar-refractivity contribution < 1.29 is 14.3 Å². The average Bonchev–Trinajstić information content (AvgIpc) is 2.49. The van der Waals surface area contributed by atoms with E-state index in [1.807, 2.05) is 30.0 Å². The second-order valence-corrected chi connectivity index (χ2v) is 7.55. The molecule has 1 saturated carbocycles. The molecule has 1 spiro atoms. The minimum absolute atomic E-state index is 0.164. The van der Waals surface area contributed by atoms with E-state index in [1.165, 1.54) is 6.42 Å². The van der Waals surface area contributed by atoms with Gasteiger partial charge in [-0.05, 0) is 38.3 Å². The first-order valence-electron chi connectivity index (χ1n) is 9.10. The molecular weight excluding hydrogens is 304 g/mol. The van der Waals surface area contributed by atoms with Gasteiger partial charge in [0.15, 0.2) is 0 Å². The first-order valence-corrected chi connectivity index (χ1v) is 9.10. The van der Waals surface area contributed by atoms with Crippen LogP contribution in [0.5, 0.6) is 0 Å². The summed E-state index contributed by atoms with van der Waals surface area (Å²) in [5.74, 6) is 0.618. The standard InChI is InChI=1S/C19H26N2O3/c1-14-4-2-7-16(20-14)11-23-17-8-9-24-19(10-17)12-21(13-19)18(22)15-5-3-6-15/h2,4,7,15,17H,3,5-6,8-13H2,1H3/t17-/m1/s1. The third-order valence-electron chi connectivity index (χ3n) is 5.58. The van der Waals surface area contributed by atoms with Gasteiger partial charge in [-0.25, -0.2) is 0 Å². The highest BCUT2D eigenvalue weighted by atomic mass is 16.5. The number of hydrogen-bond donors (Lipinski definition) is 0. The Morgan fingerprint density at radius 3 is 2.92 bits per heavy atom. The fourth-order valence-electron chi connectivity index (χ4n) is 3.95. The molecule has 2 saturated heterocycles. The van der Waals surface area contributed by atoms with Crippen molar-refractivity contribution >= 4 is 5.91 Å². The smallest absolute Gasteiger partial charge is 0.225 e. The van der Waals surface area contributed by atoms with Crippen molar-refractivity contribution in [2.45, 2.75) is 57.3 Å². The molecule has 1 aromatic rings. The largest absolute Gasteiger partial charge is 0.372 e. The van der Waals surface area contributed by atoms with Crippen molar-refractivity contribution in [1.82, 2.24) is 9.88 Å². The minimum atomic E-state index is -0.164. The van der Waals surface area contributed by atoms with Crippen LogP contribution < -0.4 is 0 Å². The third-order valence-corrected chi connectivity index (χ3v) is 5.58. The van der Waals surface area contributed by atoms with Crippen LogP contribution in [-0.4, -0.2) is 47.2 Å². The van der Waals surface area contributed by atoms with E-state index in [-0.39, 0.29) is 17.6 Å². The van der Waals surface area contributed by atoms with Crippen molar-refractivity contribution in [3.05, 3.63) is 29.6 Å². The van der Waals surface area contributed by atoms with Crippen molar-refractivity contribution in [3.63, 3.8) is 0 Å². The zero-order valence-electron chi connectivity index (χ0n) is 14.4. The van der Waals surface area contributed by atoms with Crippen molar-refractivity contribution in [2.75, 3.05) is 19.7 Å². The lowest BCUT2D eigenvalue weighted by Gasteiger charge is -2.54. The maximum atomic E-state index is 12.3. The molecule has 0 unspecified atom stereocenters. The van der Waals surface area contributed by atoms with Crippen LogP contribution in [0.25, 0.3) is 0 Å². The Labute approximate surface area is 143 Å². The Bertz CT molecular complexity index is 608. The van der Waals surface area contributed by atoms with E-state index in [2.05, 4.69) is 4.98 Å². The van der Waals surface area contributed by atoms with Crippen LogP contribution in [0.1, 0.15) is 43.5 Å². The second-order valence-electron chi connectivity index (χ2n) is 7.55. The molecule has 3 fully saturated rings. The zero-order valence-corrected chi connectivity index (χ0v) is 14.4. The highest BCUT2D eigenvalue weighted by molar-refractivity contribution is 5.80. The van der Waals surface area contributed by atoms with E-state index in [9.17, 15) is 4.79 Å². The van der Waals surface area contributed by atoms with Crippen LogP contribution in [0.15, 0.2) is 18.2 Å². The van der Waals surface area contributed by atoms with Crippen LogP contribution in [0.3, 0.4) is 0 Å². The molecule has 1 aromatic heterocycles. The van der Waals surface area contributed by atoms with E-state index in [0.29, 0.717) is 12.5 Å². The summed E-state index contributed by atoms with van der Waals surface area (Å²) in [5.41, 5.74) is 1.83. The van der Waals surface area contributed by atoms with Gasteiger partial charge in [-0.15, -0.1) is 0 Å². The molecular formula is C19H26N2O3. The summed E-state index contributed by atoms with van der Waals surface area (Å²) in [6, 6.07) is 6.02. The van der Waals surface area contributed by atoms with Gasteiger partial charge in [-0.3, -0.25) is 9.78 Å². The maximum absolute atomic E-state index is 12.3. The lowest BCUT2D eigenvalue weighted by atomic mass is 9.80. The molecule has 4 rings (SSSR count). The number of aromatic nitrogens is 1. The summed E-state index contributed by atoms with van der Waals surface area (Å²) < 4.78 is 12.1. The normalized spacial score (nSPS) is 26.0. The molecule has 0 aromatic carbocycles. The Balaban J connectivity index is 1.28. The molecule has 3 aliphatic rings. The Kier molecular flexibility index (Phi) is 4.31. The fraction of sp³-hybridized carbons (Fsp3) is 0.684. The molecule has 0 N–H and O–H groups in total. The van der Waals surface area contributed by atoms with Gasteiger partial charge in [0.25, 0.3) is 0 Å². The molecule has 0 bridgehead atoms. The number of nitrogens with zero attached hydrogens (tertiary/aromatic N) is 2. The van der Waals surface area contributed by atoms with Crippen molar-refractivity contribution in [3.8, 4) is 0 Å². The van der Waals surface area contributed by atoms with Crippen LogP contribution in [0.2, 0.25) is 0 Å². The quantitative estimate of drug-likeness (QED) is 0.851. The maximum Gasteiger partial charge on any atom is 0.225 e. The molecule has 2 aliphatic heterocycles. The molecule has 1 amide bonds. The molecule has 130 valence electrons. The van der Waals surface area contributed by atoms with E-state index < -0.39 is 0 Å². The van der Waals surface area contributed by atoms with Crippen LogP contribution in [-0.2, 0) is 20.9 Å². The average molecular weight is 330 g/mol.